The summed E-state index contributed by atoms with van der Waals surface area (Å²) in [7, 11) is 0. The SMILES string of the molecule is Cc1cc(N)nc(-c2nc(Cl)c3c(N4C[C@H]5CC[C@@H](C4)N5)nc(OC[C@@]45CCCN4C[C@H](F)C5)nc3c2F)c1C(F)(F)F. The lowest BCUT2D eigenvalue weighted by Crippen LogP contribution is -2.51. The van der Waals surface area contributed by atoms with Crippen molar-refractivity contribution < 1.29 is 26.7 Å². The molecule has 230 valence electrons. The number of ether oxygens (including phenoxy) is 1. The van der Waals surface area contributed by atoms with Crippen LogP contribution in [0.3, 0.4) is 0 Å². The Balaban J connectivity index is 1.38. The van der Waals surface area contributed by atoms with Crippen molar-refractivity contribution in [1.29, 1.82) is 0 Å². The van der Waals surface area contributed by atoms with Gasteiger partial charge >= 0.3 is 12.2 Å². The zero-order valence-electron chi connectivity index (χ0n) is 23.3. The molecule has 0 spiro atoms. The highest BCUT2D eigenvalue weighted by Gasteiger charge is 2.49. The first-order chi connectivity index (χ1) is 20.4. The number of anilines is 2. The van der Waals surface area contributed by atoms with E-state index >= 15 is 4.39 Å². The molecule has 2 bridgehead atoms. The Hall–Kier alpha value is -3.10. The van der Waals surface area contributed by atoms with E-state index in [0.717, 1.165) is 38.3 Å². The minimum absolute atomic E-state index is 0.0658. The van der Waals surface area contributed by atoms with Crippen LogP contribution in [-0.2, 0) is 6.18 Å². The number of fused-ring (bicyclic) bond motifs is 4. The summed E-state index contributed by atoms with van der Waals surface area (Å²) in [4.78, 5) is 20.9. The molecule has 15 heteroatoms. The topological polar surface area (TPSA) is 105 Å². The lowest BCUT2D eigenvalue weighted by atomic mass is 9.95. The normalized spacial score (nSPS) is 27.3. The quantitative estimate of drug-likeness (QED) is 0.309. The fourth-order valence-electron chi connectivity index (χ4n) is 7.39. The summed E-state index contributed by atoms with van der Waals surface area (Å²) in [6, 6.07) is 1.26. The molecule has 0 aromatic carbocycles. The van der Waals surface area contributed by atoms with E-state index in [-0.39, 0.29) is 58.0 Å². The van der Waals surface area contributed by atoms with E-state index < -0.39 is 40.7 Å². The van der Waals surface area contributed by atoms with E-state index in [9.17, 15) is 17.6 Å². The predicted molar refractivity (Wildman–Crippen MR) is 150 cm³/mol. The van der Waals surface area contributed by atoms with E-state index in [2.05, 4.69) is 30.2 Å². The molecule has 4 atom stereocenters. The van der Waals surface area contributed by atoms with Gasteiger partial charge in [-0.2, -0.15) is 23.1 Å². The first kappa shape index (κ1) is 28.7. The molecule has 3 aromatic heterocycles. The summed E-state index contributed by atoms with van der Waals surface area (Å²) in [5.41, 5.74) is 2.01. The van der Waals surface area contributed by atoms with Crippen LogP contribution in [0.4, 0.5) is 33.6 Å². The highest BCUT2D eigenvalue weighted by atomic mass is 35.5. The van der Waals surface area contributed by atoms with Crippen molar-refractivity contribution >= 4 is 34.1 Å². The van der Waals surface area contributed by atoms with Gasteiger partial charge in [0.05, 0.1) is 16.5 Å². The van der Waals surface area contributed by atoms with Crippen molar-refractivity contribution in [1.82, 2.24) is 30.2 Å². The molecule has 4 saturated heterocycles. The Morgan fingerprint density at radius 2 is 1.86 bits per heavy atom. The van der Waals surface area contributed by atoms with Crippen molar-refractivity contribution in [2.24, 2.45) is 0 Å². The van der Waals surface area contributed by atoms with Crippen molar-refractivity contribution in [3.8, 4) is 17.4 Å². The maximum Gasteiger partial charge on any atom is 0.418 e. The van der Waals surface area contributed by atoms with Crippen LogP contribution in [0.1, 0.15) is 43.2 Å². The third-order valence-electron chi connectivity index (χ3n) is 9.19. The minimum atomic E-state index is -4.87. The van der Waals surface area contributed by atoms with Gasteiger partial charge in [-0.25, -0.2) is 18.7 Å². The summed E-state index contributed by atoms with van der Waals surface area (Å²) in [5.74, 6) is -1.10. The number of nitrogen functional groups attached to an aromatic ring is 1. The standard InChI is InChI=1S/C28H30ClF5N8O/c1-13-7-17(35)37-22(19(13)28(32,33)34)23-20(31)21-18(24(29)38-23)25(41-10-15-3-4-16(11-41)36-15)40-26(39-21)43-12-27-5-2-6-42(27)9-14(30)8-27/h7,14-16,36H,2-6,8-12H2,1H3,(H2,35,37)/t14-,15-,16+,27+/m1/s1. The molecule has 0 aliphatic carbocycles. The van der Waals surface area contributed by atoms with E-state index in [1.807, 2.05) is 4.90 Å². The molecule has 0 unspecified atom stereocenters. The fraction of sp³-hybridized carbons (Fsp3) is 0.571. The van der Waals surface area contributed by atoms with Gasteiger partial charge in [-0.05, 0) is 50.8 Å². The second kappa shape index (κ2) is 10.2. The molecule has 4 aliphatic rings. The van der Waals surface area contributed by atoms with Gasteiger partial charge in [-0.1, -0.05) is 11.6 Å². The number of aryl methyl sites for hydroxylation is 1. The largest absolute Gasteiger partial charge is 0.461 e. The van der Waals surface area contributed by atoms with Crippen LogP contribution < -0.4 is 20.7 Å². The number of nitrogens with two attached hydrogens (primary N) is 1. The number of aromatic nitrogens is 4. The minimum Gasteiger partial charge on any atom is -0.461 e. The molecule has 4 aliphatic heterocycles. The second-order valence-electron chi connectivity index (χ2n) is 12.1. The number of piperazine rings is 1. The van der Waals surface area contributed by atoms with Crippen LogP contribution in [-0.4, -0.2) is 81.4 Å². The van der Waals surface area contributed by atoms with Crippen LogP contribution in [0.2, 0.25) is 5.15 Å². The second-order valence-corrected chi connectivity index (χ2v) is 12.5. The Morgan fingerprint density at radius 3 is 2.58 bits per heavy atom. The molecule has 3 aromatic rings. The van der Waals surface area contributed by atoms with Crippen LogP contribution in [0.5, 0.6) is 6.01 Å². The molecule has 3 N–H and O–H groups in total. The number of nitrogens with one attached hydrogen (secondary N) is 1. The Morgan fingerprint density at radius 1 is 1.12 bits per heavy atom. The number of pyridine rings is 2. The van der Waals surface area contributed by atoms with E-state index in [0.29, 0.717) is 26.1 Å². The van der Waals surface area contributed by atoms with Crippen molar-refractivity contribution in [3.05, 3.63) is 28.2 Å². The van der Waals surface area contributed by atoms with Crippen LogP contribution in [0, 0.1) is 12.7 Å². The smallest absolute Gasteiger partial charge is 0.418 e. The monoisotopic (exact) mass is 624 g/mol. The van der Waals surface area contributed by atoms with Gasteiger partial charge in [-0.3, -0.25) is 4.90 Å². The number of halogens is 6. The Labute approximate surface area is 249 Å². The van der Waals surface area contributed by atoms with Gasteiger partial charge in [0, 0.05) is 38.1 Å². The van der Waals surface area contributed by atoms with Crippen molar-refractivity contribution in [2.45, 2.75) is 69.0 Å². The van der Waals surface area contributed by atoms with Crippen molar-refractivity contribution in [3.63, 3.8) is 0 Å². The molecule has 7 heterocycles. The maximum absolute atomic E-state index is 16.5. The fourth-order valence-corrected chi connectivity index (χ4v) is 7.65. The molecule has 43 heavy (non-hydrogen) atoms. The van der Waals surface area contributed by atoms with Gasteiger partial charge < -0.3 is 20.7 Å². The molecule has 9 nitrogen and oxygen atoms in total. The number of hydrogen-bond acceptors (Lipinski definition) is 9. The molecule has 0 amide bonds. The zero-order chi connectivity index (χ0) is 30.3. The number of alkyl halides is 4. The third-order valence-corrected chi connectivity index (χ3v) is 9.47. The molecular weight excluding hydrogens is 595 g/mol. The molecule has 0 radical (unpaired) electrons. The van der Waals surface area contributed by atoms with Crippen LogP contribution in [0.15, 0.2) is 6.07 Å². The summed E-state index contributed by atoms with van der Waals surface area (Å²) in [6.45, 7) is 3.49. The van der Waals surface area contributed by atoms with Gasteiger partial charge in [0.25, 0.3) is 0 Å². The first-order valence-electron chi connectivity index (χ1n) is 14.4. The Bertz CT molecular complexity index is 1600. The summed E-state index contributed by atoms with van der Waals surface area (Å²) < 4.78 is 79.4. The lowest BCUT2D eigenvalue weighted by molar-refractivity contribution is -0.137. The molecule has 0 saturated carbocycles. The van der Waals surface area contributed by atoms with Crippen LogP contribution >= 0.6 is 11.6 Å². The third kappa shape index (κ3) is 4.91. The maximum atomic E-state index is 16.5. The number of rotatable bonds is 5. The number of hydrogen-bond donors (Lipinski definition) is 2. The number of nitrogens with zero attached hydrogens (tertiary/aromatic N) is 6. The van der Waals surface area contributed by atoms with Gasteiger partial charge in [0.15, 0.2) is 5.82 Å². The highest BCUT2D eigenvalue weighted by molar-refractivity contribution is 6.35. The van der Waals surface area contributed by atoms with E-state index in [4.69, 9.17) is 22.1 Å². The van der Waals surface area contributed by atoms with Crippen LogP contribution in [0.25, 0.3) is 22.3 Å². The molecular formula is C28H30ClF5N8O. The summed E-state index contributed by atoms with van der Waals surface area (Å²) >= 11 is 6.63. The van der Waals surface area contributed by atoms with Gasteiger partial charge in [0.1, 0.15) is 46.5 Å². The lowest BCUT2D eigenvalue weighted by Gasteiger charge is -2.34. The summed E-state index contributed by atoms with van der Waals surface area (Å²) in [6.07, 6.45) is -1.98. The van der Waals surface area contributed by atoms with Gasteiger partial charge in [-0.15, -0.1) is 0 Å². The average Bonchev–Trinajstić information content (AvgIpc) is 3.58. The molecule has 4 fully saturated rings. The van der Waals surface area contributed by atoms with Crippen molar-refractivity contribution in [2.75, 3.05) is 43.4 Å². The summed E-state index contributed by atoms with van der Waals surface area (Å²) in [5, 5.41) is 3.32. The molecule has 7 rings (SSSR count). The van der Waals surface area contributed by atoms with E-state index in [1.54, 1.807) is 0 Å². The van der Waals surface area contributed by atoms with E-state index in [1.165, 1.54) is 6.92 Å². The highest BCUT2D eigenvalue weighted by Crippen LogP contribution is 2.44. The average molecular weight is 625 g/mol. The predicted octanol–water partition coefficient (Wildman–Crippen LogP) is 4.68. The van der Waals surface area contributed by atoms with Gasteiger partial charge in [0.2, 0.25) is 0 Å². The zero-order valence-corrected chi connectivity index (χ0v) is 24.1. The Kier molecular flexibility index (Phi) is 6.82. The first-order valence-corrected chi connectivity index (χ1v) is 14.7.